The first kappa shape index (κ1) is 31.6. The highest BCUT2D eigenvalue weighted by Crippen LogP contribution is 2.56. The van der Waals surface area contributed by atoms with Gasteiger partial charge in [0.2, 0.25) is 0 Å². The zero-order chi connectivity index (χ0) is 35.9. The predicted octanol–water partition coefficient (Wildman–Crippen LogP) is 12.2. The fourth-order valence-electron chi connectivity index (χ4n) is 8.02. The standard InChI is InChI=1S/C50H33N3O/c1-3-15-34(16-4-1)44-33-45(53-49(52-44)36-17-5-2-6-18-36)38-21-12-24-40(32-38)50(42-26-7-9-28-46(42)54-47-29-10-8-27-43(47)50)39-23-11-20-37(31-39)41-25-13-19-35-22-14-30-51-48(35)41/h1-33H. The van der Waals surface area contributed by atoms with Crippen LogP contribution in [-0.2, 0) is 5.41 Å². The molecule has 10 rings (SSSR count). The SMILES string of the molecule is c1ccc(-c2cc(-c3cccc(C4(c5cccc(-c6cccc7cccnc67)c5)c5ccccc5Oc5ccccc54)c3)nc(-c3ccccc3)n2)cc1. The lowest BCUT2D eigenvalue weighted by atomic mass is 9.63. The van der Waals surface area contributed by atoms with Crippen LogP contribution in [0.2, 0.25) is 0 Å². The second-order valence-corrected chi connectivity index (χ2v) is 13.6. The molecule has 1 aliphatic rings. The molecule has 0 spiro atoms. The molecule has 0 unspecified atom stereocenters. The Labute approximate surface area is 314 Å². The Balaban J connectivity index is 1.24. The molecule has 54 heavy (non-hydrogen) atoms. The molecule has 0 N–H and O–H groups in total. The Morgan fingerprint density at radius 1 is 0.407 bits per heavy atom. The Morgan fingerprint density at radius 2 is 0.944 bits per heavy atom. The lowest BCUT2D eigenvalue weighted by molar-refractivity contribution is 0.434. The highest BCUT2D eigenvalue weighted by Gasteiger charge is 2.45. The third-order valence-corrected chi connectivity index (χ3v) is 10.5. The average molecular weight is 692 g/mol. The number of benzene rings is 7. The van der Waals surface area contributed by atoms with Gasteiger partial charge in [-0.15, -0.1) is 0 Å². The van der Waals surface area contributed by atoms with Crippen molar-refractivity contribution in [3.05, 3.63) is 223 Å². The zero-order valence-electron chi connectivity index (χ0n) is 29.3. The van der Waals surface area contributed by atoms with Crippen LogP contribution in [0, 0.1) is 0 Å². The minimum Gasteiger partial charge on any atom is -0.457 e. The van der Waals surface area contributed by atoms with Crippen LogP contribution < -0.4 is 4.74 Å². The summed E-state index contributed by atoms with van der Waals surface area (Å²) in [6.07, 6.45) is 1.87. The summed E-state index contributed by atoms with van der Waals surface area (Å²) in [5.74, 6) is 2.35. The van der Waals surface area contributed by atoms with Crippen molar-refractivity contribution < 1.29 is 4.74 Å². The molecule has 0 aliphatic carbocycles. The van der Waals surface area contributed by atoms with Gasteiger partial charge in [-0.25, -0.2) is 9.97 Å². The number of pyridine rings is 1. The topological polar surface area (TPSA) is 47.9 Å². The monoisotopic (exact) mass is 691 g/mol. The fraction of sp³-hybridized carbons (Fsp3) is 0.0200. The number of hydrogen-bond acceptors (Lipinski definition) is 4. The highest BCUT2D eigenvalue weighted by atomic mass is 16.5. The third kappa shape index (κ3) is 5.27. The molecule has 1 aliphatic heterocycles. The van der Waals surface area contributed by atoms with Crippen LogP contribution in [0.3, 0.4) is 0 Å². The van der Waals surface area contributed by atoms with Crippen molar-refractivity contribution >= 4 is 10.9 Å². The van der Waals surface area contributed by atoms with E-state index < -0.39 is 5.41 Å². The molecule has 7 aromatic carbocycles. The summed E-state index contributed by atoms with van der Waals surface area (Å²) in [5.41, 5.74) is 11.6. The van der Waals surface area contributed by atoms with E-state index in [-0.39, 0.29) is 0 Å². The van der Waals surface area contributed by atoms with Gasteiger partial charge in [-0.3, -0.25) is 4.98 Å². The zero-order valence-corrected chi connectivity index (χ0v) is 29.3. The molecule has 0 atom stereocenters. The first-order valence-electron chi connectivity index (χ1n) is 18.2. The molecule has 9 aromatic rings. The maximum Gasteiger partial charge on any atom is 0.160 e. The number of hydrogen-bond donors (Lipinski definition) is 0. The van der Waals surface area contributed by atoms with Gasteiger partial charge in [0, 0.05) is 45.0 Å². The van der Waals surface area contributed by atoms with Crippen LogP contribution in [0.25, 0.3) is 55.9 Å². The lowest BCUT2D eigenvalue weighted by Gasteiger charge is -2.41. The van der Waals surface area contributed by atoms with Gasteiger partial charge in [0.15, 0.2) is 5.82 Å². The summed E-state index contributed by atoms with van der Waals surface area (Å²) in [7, 11) is 0. The first-order chi connectivity index (χ1) is 26.8. The first-order valence-corrected chi connectivity index (χ1v) is 18.2. The van der Waals surface area contributed by atoms with E-state index in [1.165, 1.54) is 0 Å². The van der Waals surface area contributed by atoms with Crippen molar-refractivity contribution in [3.63, 3.8) is 0 Å². The lowest BCUT2D eigenvalue weighted by Crippen LogP contribution is -2.34. The molecule has 0 fully saturated rings. The number of rotatable bonds is 6. The number of nitrogens with zero attached hydrogens (tertiary/aromatic N) is 3. The van der Waals surface area contributed by atoms with E-state index in [1.54, 1.807) is 0 Å². The van der Waals surface area contributed by atoms with E-state index >= 15 is 0 Å². The average Bonchev–Trinajstić information content (AvgIpc) is 3.26. The maximum absolute atomic E-state index is 6.66. The summed E-state index contributed by atoms with van der Waals surface area (Å²) in [5, 5.41) is 1.11. The molecule has 2 aromatic heterocycles. The van der Waals surface area contributed by atoms with Gasteiger partial charge in [0.05, 0.1) is 22.3 Å². The Bertz CT molecular complexity index is 2710. The maximum atomic E-state index is 6.66. The minimum atomic E-state index is -0.729. The quantitative estimate of drug-likeness (QED) is 0.174. The van der Waals surface area contributed by atoms with Gasteiger partial charge in [0.25, 0.3) is 0 Å². The van der Waals surface area contributed by atoms with Gasteiger partial charge in [-0.05, 0) is 53.1 Å². The minimum absolute atomic E-state index is 0.685. The normalized spacial score (nSPS) is 12.7. The van der Waals surface area contributed by atoms with Gasteiger partial charge in [-0.2, -0.15) is 0 Å². The largest absolute Gasteiger partial charge is 0.457 e. The molecule has 254 valence electrons. The molecule has 4 heteroatoms. The smallest absolute Gasteiger partial charge is 0.160 e. The molecular weight excluding hydrogens is 659 g/mol. The molecule has 0 amide bonds. The van der Waals surface area contributed by atoms with Gasteiger partial charge >= 0.3 is 0 Å². The van der Waals surface area contributed by atoms with Crippen molar-refractivity contribution in [2.24, 2.45) is 0 Å². The van der Waals surface area contributed by atoms with Crippen LogP contribution in [0.5, 0.6) is 11.5 Å². The fourth-order valence-corrected chi connectivity index (χ4v) is 8.02. The summed E-state index contributed by atoms with van der Waals surface area (Å²) >= 11 is 0. The second kappa shape index (κ2) is 13.1. The number of aromatic nitrogens is 3. The molecule has 0 saturated carbocycles. The molecule has 0 bridgehead atoms. The summed E-state index contributed by atoms with van der Waals surface area (Å²) in [6.45, 7) is 0. The van der Waals surface area contributed by atoms with Crippen molar-refractivity contribution in [1.82, 2.24) is 15.0 Å². The Morgan fingerprint density at radius 3 is 1.65 bits per heavy atom. The van der Waals surface area contributed by atoms with E-state index in [2.05, 4.69) is 140 Å². The molecule has 0 saturated heterocycles. The summed E-state index contributed by atoms with van der Waals surface area (Å²) < 4.78 is 6.66. The van der Waals surface area contributed by atoms with Crippen LogP contribution in [0.15, 0.2) is 200 Å². The Kier molecular flexibility index (Phi) is 7.66. The van der Waals surface area contributed by atoms with Crippen molar-refractivity contribution in [2.75, 3.05) is 0 Å². The van der Waals surface area contributed by atoms with E-state index in [0.29, 0.717) is 5.82 Å². The summed E-state index contributed by atoms with van der Waals surface area (Å²) in [4.78, 5) is 15.1. The second-order valence-electron chi connectivity index (χ2n) is 13.6. The van der Waals surface area contributed by atoms with Gasteiger partial charge in [0.1, 0.15) is 11.5 Å². The van der Waals surface area contributed by atoms with Crippen molar-refractivity contribution in [3.8, 4) is 56.5 Å². The summed E-state index contributed by atoms with van der Waals surface area (Å²) in [6, 6.07) is 67.8. The highest BCUT2D eigenvalue weighted by molar-refractivity contribution is 5.93. The number of ether oxygens (including phenoxy) is 1. The van der Waals surface area contributed by atoms with Crippen molar-refractivity contribution in [1.29, 1.82) is 0 Å². The molecule has 3 heterocycles. The number of fused-ring (bicyclic) bond motifs is 3. The molecule has 4 nitrogen and oxygen atoms in total. The molecule has 0 radical (unpaired) electrons. The third-order valence-electron chi connectivity index (χ3n) is 10.5. The van der Waals surface area contributed by atoms with Gasteiger partial charge < -0.3 is 4.74 Å². The Hall–Kier alpha value is -7.17. The van der Waals surface area contributed by atoms with Crippen molar-refractivity contribution in [2.45, 2.75) is 5.41 Å². The van der Waals surface area contributed by atoms with Crippen LogP contribution in [0.1, 0.15) is 22.3 Å². The van der Waals surface area contributed by atoms with E-state index in [1.807, 2.05) is 60.8 Å². The predicted molar refractivity (Wildman–Crippen MR) is 217 cm³/mol. The van der Waals surface area contributed by atoms with E-state index in [9.17, 15) is 0 Å². The van der Waals surface area contributed by atoms with Gasteiger partial charge in [-0.1, -0.05) is 158 Å². The molecular formula is C50H33N3O. The van der Waals surface area contributed by atoms with Crippen LogP contribution in [0.4, 0.5) is 0 Å². The van der Waals surface area contributed by atoms with Crippen LogP contribution >= 0.6 is 0 Å². The number of para-hydroxylation sites is 3. The van der Waals surface area contributed by atoms with E-state index in [0.717, 1.165) is 83.9 Å². The van der Waals surface area contributed by atoms with E-state index in [4.69, 9.17) is 19.7 Å². The van der Waals surface area contributed by atoms with Crippen LogP contribution in [-0.4, -0.2) is 15.0 Å².